The number of fused-ring (bicyclic) bond motifs is 1. The molecule has 3 rings (SSSR count). The summed E-state index contributed by atoms with van der Waals surface area (Å²) in [6, 6.07) is 8.21. The standard InChI is InChI=1S/C20H32N6OS/c1-4-21-18(24-15-20(2,3)26-11-13-27-14-12-26)22-9-10-23-19-25-16-7-5-6-8-17(16)28-19/h5-8H,4,9-15H2,1-3H3,(H,23,25)(H2,21,22,24). The molecule has 0 amide bonds. The van der Waals surface area contributed by atoms with Gasteiger partial charge in [0.1, 0.15) is 0 Å². The van der Waals surface area contributed by atoms with Gasteiger partial charge in [-0.15, -0.1) is 0 Å². The third-order valence-electron chi connectivity index (χ3n) is 4.82. The maximum absolute atomic E-state index is 5.47. The van der Waals surface area contributed by atoms with Crippen molar-refractivity contribution in [2.45, 2.75) is 26.3 Å². The van der Waals surface area contributed by atoms with Crippen LogP contribution in [-0.4, -0.2) is 73.9 Å². The average molecular weight is 405 g/mol. The van der Waals surface area contributed by atoms with Crippen LogP contribution in [0.4, 0.5) is 5.13 Å². The zero-order chi connectivity index (χ0) is 19.8. The summed E-state index contributed by atoms with van der Waals surface area (Å²) in [5.74, 6) is 0.856. The van der Waals surface area contributed by atoms with Gasteiger partial charge in [-0.05, 0) is 32.9 Å². The van der Waals surface area contributed by atoms with E-state index in [0.717, 1.165) is 69.1 Å². The zero-order valence-corrected chi connectivity index (χ0v) is 17.9. The first-order chi connectivity index (χ1) is 13.6. The molecule has 0 aliphatic carbocycles. The summed E-state index contributed by atoms with van der Waals surface area (Å²) in [4.78, 5) is 11.9. The highest BCUT2D eigenvalue weighted by molar-refractivity contribution is 7.22. The molecule has 1 aromatic heterocycles. The van der Waals surface area contributed by atoms with Gasteiger partial charge in [0.25, 0.3) is 0 Å². The minimum atomic E-state index is 0.0192. The van der Waals surface area contributed by atoms with Crippen LogP contribution in [0, 0.1) is 0 Å². The molecular formula is C20H32N6OS. The van der Waals surface area contributed by atoms with Crippen molar-refractivity contribution in [3.05, 3.63) is 24.3 Å². The number of benzene rings is 1. The van der Waals surface area contributed by atoms with Crippen LogP contribution < -0.4 is 16.0 Å². The predicted molar refractivity (Wildman–Crippen MR) is 119 cm³/mol. The number of nitrogens with one attached hydrogen (secondary N) is 3. The molecule has 0 saturated carbocycles. The van der Waals surface area contributed by atoms with Crippen LogP contribution in [0.15, 0.2) is 29.3 Å². The quantitative estimate of drug-likeness (QED) is 0.356. The summed E-state index contributed by atoms with van der Waals surface area (Å²) in [5.41, 5.74) is 1.06. The van der Waals surface area contributed by atoms with E-state index in [-0.39, 0.29) is 5.54 Å². The molecule has 0 unspecified atom stereocenters. The number of hydrogen-bond donors (Lipinski definition) is 3. The highest BCUT2D eigenvalue weighted by Crippen LogP contribution is 2.24. The fraction of sp³-hybridized carbons (Fsp3) is 0.600. The number of hydrogen-bond acceptors (Lipinski definition) is 6. The van der Waals surface area contributed by atoms with Gasteiger partial charge in [-0.2, -0.15) is 0 Å². The molecule has 1 fully saturated rings. The predicted octanol–water partition coefficient (Wildman–Crippen LogP) is 2.37. The van der Waals surface area contributed by atoms with Crippen molar-refractivity contribution >= 4 is 32.6 Å². The molecule has 3 N–H and O–H groups in total. The summed E-state index contributed by atoms with van der Waals surface area (Å²) >= 11 is 1.68. The number of nitrogens with zero attached hydrogens (tertiary/aromatic N) is 3. The lowest BCUT2D eigenvalue weighted by Gasteiger charge is -2.39. The molecule has 1 aliphatic rings. The maximum Gasteiger partial charge on any atom is 0.191 e. The molecule has 1 aliphatic heterocycles. The minimum Gasteiger partial charge on any atom is -0.379 e. The molecule has 28 heavy (non-hydrogen) atoms. The van der Waals surface area contributed by atoms with E-state index in [2.05, 4.69) is 52.7 Å². The van der Waals surface area contributed by atoms with Crippen LogP contribution in [0.5, 0.6) is 0 Å². The smallest absolute Gasteiger partial charge is 0.191 e. The molecule has 8 heteroatoms. The lowest BCUT2D eigenvalue weighted by molar-refractivity contribution is -0.00683. The van der Waals surface area contributed by atoms with E-state index < -0.39 is 0 Å². The number of thiazole rings is 1. The Balaban J connectivity index is 1.47. The first-order valence-electron chi connectivity index (χ1n) is 10.0. The van der Waals surface area contributed by atoms with Crippen molar-refractivity contribution in [2.75, 3.05) is 57.8 Å². The summed E-state index contributed by atoms with van der Waals surface area (Å²) in [6.45, 7) is 13.3. The molecule has 0 spiro atoms. The number of rotatable bonds is 8. The molecule has 0 radical (unpaired) electrons. The molecule has 154 valence electrons. The first-order valence-corrected chi connectivity index (χ1v) is 10.8. The van der Waals surface area contributed by atoms with Gasteiger partial charge in [0, 0.05) is 38.3 Å². The van der Waals surface area contributed by atoms with Gasteiger partial charge in [0.15, 0.2) is 11.1 Å². The van der Waals surface area contributed by atoms with Crippen LogP contribution in [-0.2, 0) is 4.74 Å². The van der Waals surface area contributed by atoms with Gasteiger partial charge in [-0.1, -0.05) is 23.5 Å². The number of morpholine rings is 1. The SMILES string of the molecule is CCNC(=NCC(C)(C)N1CCOCC1)NCCNc1nc2ccccc2s1. The summed E-state index contributed by atoms with van der Waals surface area (Å²) in [6.07, 6.45) is 0. The van der Waals surface area contributed by atoms with E-state index in [1.807, 2.05) is 18.2 Å². The lowest BCUT2D eigenvalue weighted by Crippen LogP contribution is -2.52. The molecule has 1 aromatic carbocycles. The molecule has 7 nitrogen and oxygen atoms in total. The maximum atomic E-state index is 5.47. The van der Waals surface area contributed by atoms with Crippen LogP contribution in [0.2, 0.25) is 0 Å². The average Bonchev–Trinajstić information content (AvgIpc) is 3.13. The summed E-state index contributed by atoms with van der Waals surface area (Å²) < 4.78 is 6.67. The van der Waals surface area contributed by atoms with E-state index >= 15 is 0 Å². The van der Waals surface area contributed by atoms with Gasteiger partial charge in [-0.3, -0.25) is 9.89 Å². The second-order valence-corrected chi connectivity index (χ2v) is 8.48. The summed E-state index contributed by atoms with van der Waals surface area (Å²) in [5, 5.41) is 11.1. The second-order valence-electron chi connectivity index (χ2n) is 7.45. The molecule has 1 saturated heterocycles. The number of anilines is 1. The third-order valence-corrected chi connectivity index (χ3v) is 5.82. The Morgan fingerprint density at radius 1 is 1.21 bits per heavy atom. The first kappa shape index (κ1) is 20.8. The zero-order valence-electron chi connectivity index (χ0n) is 17.1. The normalized spacial score (nSPS) is 16.3. The van der Waals surface area contributed by atoms with Gasteiger partial charge in [0.05, 0.1) is 30.0 Å². The van der Waals surface area contributed by atoms with Gasteiger partial charge in [0.2, 0.25) is 0 Å². The fourth-order valence-corrected chi connectivity index (χ4v) is 4.07. The van der Waals surface area contributed by atoms with Crippen molar-refractivity contribution in [1.82, 2.24) is 20.5 Å². The van der Waals surface area contributed by atoms with Crippen molar-refractivity contribution in [1.29, 1.82) is 0 Å². The second kappa shape index (κ2) is 10.0. The van der Waals surface area contributed by atoms with E-state index in [9.17, 15) is 0 Å². The van der Waals surface area contributed by atoms with Crippen LogP contribution in [0.1, 0.15) is 20.8 Å². The largest absolute Gasteiger partial charge is 0.379 e. The Labute approximate surface area is 171 Å². The van der Waals surface area contributed by atoms with Crippen LogP contribution in [0.3, 0.4) is 0 Å². The van der Waals surface area contributed by atoms with Gasteiger partial charge >= 0.3 is 0 Å². The van der Waals surface area contributed by atoms with Gasteiger partial charge in [-0.25, -0.2) is 4.98 Å². The lowest BCUT2D eigenvalue weighted by atomic mass is 10.0. The Morgan fingerprint density at radius 3 is 2.75 bits per heavy atom. The number of aliphatic imine (C=N–C) groups is 1. The number of aromatic nitrogens is 1. The third kappa shape index (κ3) is 5.80. The molecule has 2 aromatic rings. The fourth-order valence-electron chi connectivity index (χ4n) is 3.18. The van der Waals surface area contributed by atoms with Crippen molar-refractivity contribution in [3.63, 3.8) is 0 Å². The topological polar surface area (TPSA) is 73.8 Å². The number of ether oxygens (including phenoxy) is 1. The Bertz CT molecular complexity index is 736. The Hall–Kier alpha value is -1.90. The Kier molecular flexibility index (Phi) is 7.47. The molecule has 0 bridgehead atoms. The van der Waals surface area contributed by atoms with E-state index in [1.54, 1.807) is 11.3 Å². The molecule has 0 atom stereocenters. The molecule has 2 heterocycles. The highest BCUT2D eigenvalue weighted by atomic mass is 32.1. The Morgan fingerprint density at radius 2 is 2.00 bits per heavy atom. The number of guanidine groups is 1. The van der Waals surface area contributed by atoms with E-state index in [4.69, 9.17) is 9.73 Å². The van der Waals surface area contributed by atoms with Gasteiger partial charge < -0.3 is 20.7 Å². The van der Waals surface area contributed by atoms with E-state index in [1.165, 1.54) is 4.70 Å². The van der Waals surface area contributed by atoms with Crippen LogP contribution >= 0.6 is 11.3 Å². The van der Waals surface area contributed by atoms with Crippen molar-refractivity contribution < 1.29 is 4.74 Å². The van der Waals surface area contributed by atoms with Crippen LogP contribution in [0.25, 0.3) is 10.2 Å². The summed E-state index contributed by atoms with van der Waals surface area (Å²) in [7, 11) is 0. The minimum absolute atomic E-state index is 0.0192. The molecular weight excluding hydrogens is 372 g/mol. The number of para-hydroxylation sites is 1. The monoisotopic (exact) mass is 404 g/mol. The highest BCUT2D eigenvalue weighted by Gasteiger charge is 2.28. The van der Waals surface area contributed by atoms with Crippen molar-refractivity contribution in [2.24, 2.45) is 4.99 Å². The van der Waals surface area contributed by atoms with E-state index in [0.29, 0.717) is 0 Å². The van der Waals surface area contributed by atoms with Crippen molar-refractivity contribution in [3.8, 4) is 0 Å².